The maximum atomic E-state index is 13.8. The summed E-state index contributed by atoms with van der Waals surface area (Å²) in [6.07, 6.45) is 5.63. The summed E-state index contributed by atoms with van der Waals surface area (Å²) in [6, 6.07) is 0.769. The largest absolute Gasteiger partial charge is 0.354 e. The summed E-state index contributed by atoms with van der Waals surface area (Å²) in [5.74, 6) is 0.227. The number of aldehydes is 1. The molecule has 5 rings (SSSR count). The number of nitrogens with one attached hydrogen (secondary N) is 1. The fourth-order valence-electron chi connectivity index (χ4n) is 4.90. The minimum absolute atomic E-state index is 0.0155. The van der Waals surface area contributed by atoms with Crippen molar-refractivity contribution in [2.45, 2.75) is 44.2 Å². The molecule has 10 nitrogen and oxygen atoms in total. The van der Waals surface area contributed by atoms with Crippen molar-refractivity contribution in [3.8, 4) is 0 Å². The molecule has 0 aromatic carbocycles. The number of carbonyl (C=O) groups is 2. The number of piperazine rings is 1. The molecule has 1 saturated carbocycles. The van der Waals surface area contributed by atoms with Gasteiger partial charge >= 0.3 is 0 Å². The van der Waals surface area contributed by atoms with Crippen LogP contribution in [-0.4, -0.2) is 100 Å². The molecule has 4 heterocycles. The Morgan fingerprint density at radius 3 is 2.63 bits per heavy atom. The lowest BCUT2D eigenvalue weighted by Crippen LogP contribution is -2.45. The lowest BCUT2D eigenvalue weighted by atomic mass is 9.87. The molecule has 1 aliphatic carbocycles. The fourth-order valence-corrected chi connectivity index (χ4v) is 4.90. The molecule has 0 bridgehead atoms. The third kappa shape index (κ3) is 4.79. The summed E-state index contributed by atoms with van der Waals surface area (Å²) in [5, 5.41) is 11.0. The van der Waals surface area contributed by atoms with Gasteiger partial charge in [0.2, 0.25) is 6.21 Å². The van der Waals surface area contributed by atoms with E-state index >= 15 is 0 Å². The van der Waals surface area contributed by atoms with Crippen molar-refractivity contribution in [3.05, 3.63) is 24.0 Å². The molecule has 2 aliphatic heterocycles. The molecule has 1 saturated heterocycles. The van der Waals surface area contributed by atoms with E-state index in [1.165, 1.54) is 15.4 Å². The number of hydrogen-bond acceptors (Lipinski definition) is 7. The van der Waals surface area contributed by atoms with E-state index in [2.05, 4.69) is 37.3 Å². The van der Waals surface area contributed by atoms with Gasteiger partial charge in [-0.3, -0.25) is 4.79 Å². The second-order valence-corrected chi connectivity index (χ2v) is 9.41. The lowest BCUT2D eigenvalue weighted by Gasteiger charge is -2.33. The first-order chi connectivity index (χ1) is 16.9. The fraction of sp³-hybridized carbons (Fsp3) is 0.565. The summed E-state index contributed by atoms with van der Waals surface area (Å²) in [7, 11) is 2.07. The number of aromatic nitrogens is 3. The average molecular weight is 488 g/mol. The molecular formula is C23H29F2N8O2+. The van der Waals surface area contributed by atoms with Crippen LogP contribution in [0.5, 0.6) is 0 Å². The van der Waals surface area contributed by atoms with Crippen LogP contribution in [-0.2, 0) is 4.79 Å². The van der Waals surface area contributed by atoms with Crippen molar-refractivity contribution < 1.29 is 23.1 Å². The Hall–Kier alpha value is -3.28. The molecule has 3 aliphatic rings. The van der Waals surface area contributed by atoms with E-state index in [4.69, 9.17) is 0 Å². The predicted octanol–water partition coefficient (Wildman–Crippen LogP) is 1.06. The summed E-state index contributed by atoms with van der Waals surface area (Å²) in [4.78, 5) is 33.2. The number of alkyl halides is 2. The zero-order chi connectivity index (χ0) is 24.5. The number of halogens is 2. The number of carbonyl (C=O) groups excluding carboxylic acids is 2. The number of hydrazone groups is 1. The van der Waals surface area contributed by atoms with Gasteiger partial charge in [0.25, 0.3) is 12.3 Å². The standard InChI is InChI=1S/C23H28F2N8O2/c1-30-8-10-31(11-9-30)19-6-7-32-22(28-19)17(12-26-32)23(35)27-18-13-33(29-20(18)21(24)25)16-4-2-15(14-34)3-5-16/h6-7,12-16,18,21H,2-5,8-11H2,1H3/p+1. The van der Waals surface area contributed by atoms with Gasteiger partial charge in [0.05, 0.1) is 6.20 Å². The SMILES string of the molecule is CN1CCN(c2ccn3ncc(C(=O)NC4C=[N+](C5CCC(C=O)CC5)N=C4C(F)F)c3n2)CC1. The van der Waals surface area contributed by atoms with Crippen LogP contribution in [0.15, 0.2) is 23.6 Å². The number of hydrogen-bond donors (Lipinski definition) is 1. The van der Waals surface area contributed by atoms with Crippen molar-refractivity contribution in [2.75, 3.05) is 38.1 Å². The highest BCUT2D eigenvalue weighted by Gasteiger charge is 2.40. The maximum Gasteiger partial charge on any atom is 0.285 e. The smallest absolute Gasteiger partial charge is 0.285 e. The summed E-state index contributed by atoms with van der Waals surface area (Å²) in [6.45, 7) is 3.48. The van der Waals surface area contributed by atoms with Crippen LogP contribution in [0.1, 0.15) is 36.0 Å². The molecular weight excluding hydrogens is 458 g/mol. The molecule has 2 fully saturated rings. The Labute approximate surface area is 201 Å². The highest BCUT2D eigenvalue weighted by molar-refractivity contribution is 6.10. The molecule has 0 radical (unpaired) electrons. The number of anilines is 1. The molecule has 2 aromatic heterocycles. The molecule has 12 heteroatoms. The molecule has 1 N–H and O–H groups in total. The number of amides is 1. The lowest BCUT2D eigenvalue weighted by molar-refractivity contribution is -0.569. The zero-order valence-corrected chi connectivity index (χ0v) is 19.6. The van der Waals surface area contributed by atoms with Crippen molar-refractivity contribution in [2.24, 2.45) is 11.0 Å². The first-order valence-corrected chi connectivity index (χ1v) is 12.0. The Kier molecular flexibility index (Phi) is 6.54. The molecule has 1 unspecified atom stereocenters. The van der Waals surface area contributed by atoms with Crippen molar-refractivity contribution >= 4 is 35.6 Å². The maximum absolute atomic E-state index is 13.8. The summed E-state index contributed by atoms with van der Waals surface area (Å²) < 4.78 is 30.6. The first kappa shape index (κ1) is 23.5. The van der Waals surface area contributed by atoms with Crippen molar-refractivity contribution in [3.63, 3.8) is 0 Å². The molecule has 1 atom stereocenters. The third-order valence-electron chi connectivity index (χ3n) is 7.10. The van der Waals surface area contributed by atoms with Crippen LogP contribution in [0.4, 0.5) is 14.6 Å². The summed E-state index contributed by atoms with van der Waals surface area (Å²) >= 11 is 0. The van der Waals surface area contributed by atoms with Gasteiger partial charge in [0.15, 0.2) is 23.4 Å². The van der Waals surface area contributed by atoms with Crippen molar-refractivity contribution in [1.82, 2.24) is 24.8 Å². The van der Waals surface area contributed by atoms with Crippen LogP contribution in [0.3, 0.4) is 0 Å². The van der Waals surface area contributed by atoms with Crippen LogP contribution in [0, 0.1) is 5.92 Å². The Morgan fingerprint density at radius 2 is 1.94 bits per heavy atom. The normalized spacial score (nSPS) is 25.6. The van der Waals surface area contributed by atoms with Gasteiger partial charge in [-0.25, -0.2) is 18.3 Å². The van der Waals surface area contributed by atoms with E-state index in [0.29, 0.717) is 31.3 Å². The minimum Gasteiger partial charge on any atom is -0.354 e. The minimum atomic E-state index is -2.81. The summed E-state index contributed by atoms with van der Waals surface area (Å²) in [5.41, 5.74) is 0.197. The number of rotatable bonds is 6. The van der Waals surface area contributed by atoms with E-state index in [9.17, 15) is 18.4 Å². The van der Waals surface area contributed by atoms with Gasteiger partial charge in [-0.15, -0.1) is 0 Å². The number of likely N-dealkylation sites (N-methyl/N-ethyl adjacent to an activating group) is 1. The molecule has 0 spiro atoms. The molecule has 186 valence electrons. The van der Waals surface area contributed by atoms with Gasteiger partial charge in [-0.05, 0) is 31.1 Å². The Bertz CT molecular complexity index is 1160. The quantitative estimate of drug-likeness (QED) is 0.483. The number of fused-ring (bicyclic) bond motifs is 1. The van der Waals surface area contributed by atoms with E-state index < -0.39 is 24.1 Å². The first-order valence-electron chi connectivity index (χ1n) is 12.0. The van der Waals surface area contributed by atoms with Crippen molar-refractivity contribution in [1.29, 1.82) is 0 Å². The zero-order valence-electron chi connectivity index (χ0n) is 19.6. The molecule has 35 heavy (non-hydrogen) atoms. The predicted molar refractivity (Wildman–Crippen MR) is 126 cm³/mol. The van der Waals surface area contributed by atoms with E-state index in [0.717, 1.165) is 38.3 Å². The number of nitrogens with zero attached hydrogens (tertiary/aromatic N) is 7. The van der Waals surface area contributed by atoms with E-state index in [1.54, 1.807) is 12.4 Å². The molecule has 1 amide bonds. The average Bonchev–Trinajstić information content (AvgIpc) is 3.49. The van der Waals surface area contributed by atoms with Gasteiger partial charge in [0.1, 0.15) is 17.7 Å². The van der Waals surface area contributed by atoms with Crippen LogP contribution in [0.25, 0.3) is 5.65 Å². The Morgan fingerprint density at radius 1 is 1.20 bits per heavy atom. The monoisotopic (exact) mass is 487 g/mol. The van der Waals surface area contributed by atoms with Gasteiger partial charge in [-0.2, -0.15) is 5.10 Å². The van der Waals surface area contributed by atoms with Crippen LogP contribution in [0.2, 0.25) is 0 Å². The van der Waals surface area contributed by atoms with E-state index in [-0.39, 0.29) is 17.5 Å². The van der Waals surface area contributed by atoms with Gasteiger partial charge in [0, 0.05) is 51.1 Å². The van der Waals surface area contributed by atoms with Crippen LogP contribution >= 0.6 is 0 Å². The Balaban J connectivity index is 1.34. The third-order valence-corrected chi connectivity index (χ3v) is 7.10. The molecule has 2 aromatic rings. The highest BCUT2D eigenvalue weighted by atomic mass is 19.3. The van der Waals surface area contributed by atoms with E-state index in [1.807, 2.05) is 6.07 Å². The van der Waals surface area contributed by atoms with Crippen LogP contribution < -0.4 is 10.2 Å². The topological polar surface area (TPSA) is 98.2 Å². The van der Waals surface area contributed by atoms with Gasteiger partial charge in [-0.1, -0.05) is 4.68 Å². The van der Waals surface area contributed by atoms with Gasteiger partial charge < -0.3 is 19.9 Å². The highest BCUT2D eigenvalue weighted by Crippen LogP contribution is 2.26. The second-order valence-electron chi connectivity index (χ2n) is 9.41. The second kappa shape index (κ2) is 9.76.